The van der Waals surface area contributed by atoms with Crippen molar-refractivity contribution in [1.29, 1.82) is 0 Å². The minimum absolute atomic E-state index is 0.156. The summed E-state index contributed by atoms with van der Waals surface area (Å²) in [5, 5.41) is 8.88. The Morgan fingerprint density at radius 3 is 2.79 bits per heavy atom. The zero-order chi connectivity index (χ0) is 13.5. The van der Waals surface area contributed by atoms with Crippen LogP contribution in [0.3, 0.4) is 0 Å². The molecule has 1 aliphatic heterocycles. The van der Waals surface area contributed by atoms with Crippen molar-refractivity contribution in [2.75, 3.05) is 26.2 Å². The van der Waals surface area contributed by atoms with E-state index in [1.165, 1.54) is 31.4 Å². The van der Waals surface area contributed by atoms with E-state index in [0.717, 1.165) is 31.8 Å². The molecule has 1 aromatic carbocycles. The number of nitrogens with zero attached hydrogens (tertiary/aromatic N) is 1. The van der Waals surface area contributed by atoms with Gasteiger partial charge in [0.05, 0.1) is 0 Å². The fourth-order valence-electron chi connectivity index (χ4n) is 2.91. The molecule has 1 fully saturated rings. The van der Waals surface area contributed by atoms with E-state index in [4.69, 9.17) is 5.11 Å². The maximum atomic E-state index is 12.8. The summed E-state index contributed by atoms with van der Waals surface area (Å²) in [5.41, 5.74) is 1.23. The second-order valence-corrected chi connectivity index (χ2v) is 5.55. The van der Waals surface area contributed by atoms with Crippen molar-refractivity contribution < 1.29 is 9.50 Å². The van der Waals surface area contributed by atoms with Crippen LogP contribution in [0.5, 0.6) is 0 Å². The van der Waals surface area contributed by atoms with Crippen LogP contribution in [-0.2, 0) is 6.42 Å². The van der Waals surface area contributed by atoms with Gasteiger partial charge in [-0.3, -0.25) is 0 Å². The second kappa shape index (κ2) is 7.61. The Morgan fingerprint density at radius 2 is 2.05 bits per heavy atom. The van der Waals surface area contributed by atoms with Gasteiger partial charge in [-0.05, 0) is 62.3 Å². The van der Waals surface area contributed by atoms with Gasteiger partial charge in [0.15, 0.2) is 0 Å². The first-order valence-corrected chi connectivity index (χ1v) is 7.35. The van der Waals surface area contributed by atoms with E-state index in [1.807, 2.05) is 12.1 Å². The fraction of sp³-hybridized carbons (Fsp3) is 0.625. The van der Waals surface area contributed by atoms with Crippen LogP contribution in [-0.4, -0.2) is 36.2 Å². The number of hydrogen-bond donors (Lipinski definition) is 1. The molecule has 1 N–H and O–H groups in total. The summed E-state index contributed by atoms with van der Waals surface area (Å²) in [6.45, 7) is 3.63. The molecule has 0 saturated carbocycles. The topological polar surface area (TPSA) is 23.5 Å². The molecule has 0 radical (unpaired) electrons. The van der Waals surface area contributed by atoms with E-state index >= 15 is 0 Å². The van der Waals surface area contributed by atoms with Gasteiger partial charge in [-0.15, -0.1) is 0 Å². The summed E-state index contributed by atoms with van der Waals surface area (Å²) < 4.78 is 12.8. The molecule has 19 heavy (non-hydrogen) atoms. The standard InChI is InChI=1S/C16H24FNO/c17-16-8-6-14(7-9-16)4-5-15-3-1-10-18(13-15)11-2-12-19/h6-9,15,19H,1-5,10-13H2/t15-/m1/s1. The molecule has 1 saturated heterocycles. The molecule has 0 aliphatic carbocycles. The van der Waals surface area contributed by atoms with Crippen molar-refractivity contribution in [3.8, 4) is 0 Å². The third-order valence-corrected chi connectivity index (χ3v) is 3.99. The maximum Gasteiger partial charge on any atom is 0.123 e. The fourth-order valence-corrected chi connectivity index (χ4v) is 2.91. The highest BCUT2D eigenvalue weighted by molar-refractivity contribution is 5.16. The summed E-state index contributed by atoms with van der Waals surface area (Å²) >= 11 is 0. The lowest BCUT2D eigenvalue weighted by atomic mass is 9.91. The van der Waals surface area contributed by atoms with Crippen LogP contribution < -0.4 is 0 Å². The van der Waals surface area contributed by atoms with Gasteiger partial charge in [0, 0.05) is 19.7 Å². The quantitative estimate of drug-likeness (QED) is 0.855. The first-order valence-electron chi connectivity index (χ1n) is 7.35. The number of benzene rings is 1. The molecule has 1 heterocycles. The molecule has 0 spiro atoms. The molecule has 2 rings (SSSR count). The molecule has 0 aromatic heterocycles. The smallest absolute Gasteiger partial charge is 0.123 e. The number of rotatable bonds is 6. The molecule has 106 valence electrons. The lowest BCUT2D eigenvalue weighted by Gasteiger charge is -2.32. The predicted molar refractivity (Wildman–Crippen MR) is 75.6 cm³/mol. The number of aliphatic hydroxyl groups is 1. The predicted octanol–water partition coefficient (Wildman–Crippen LogP) is 2.85. The molecule has 0 bridgehead atoms. The van der Waals surface area contributed by atoms with Crippen molar-refractivity contribution in [3.05, 3.63) is 35.6 Å². The molecule has 2 nitrogen and oxygen atoms in total. The van der Waals surface area contributed by atoms with Crippen molar-refractivity contribution in [2.24, 2.45) is 5.92 Å². The van der Waals surface area contributed by atoms with Gasteiger partial charge in [0.1, 0.15) is 5.82 Å². The largest absolute Gasteiger partial charge is 0.396 e. The Kier molecular flexibility index (Phi) is 5.80. The monoisotopic (exact) mass is 265 g/mol. The number of piperidine rings is 1. The number of hydrogen-bond acceptors (Lipinski definition) is 2. The van der Waals surface area contributed by atoms with Gasteiger partial charge < -0.3 is 10.0 Å². The molecular weight excluding hydrogens is 241 g/mol. The van der Waals surface area contributed by atoms with E-state index in [0.29, 0.717) is 0 Å². The van der Waals surface area contributed by atoms with Crippen LogP contribution in [0.25, 0.3) is 0 Å². The lowest BCUT2D eigenvalue weighted by molar-refractivity contribution is 0.154. The van der Waals surface area contributed by atoms with Crippen LogP contribution in [0, 0.1) is 11.7 Å². The number of halogens is 1. The Bertz CT molecular complexity index is 366. The van der Waals surface area contributed by atoms with Gasteiger partial charge >= 0.3 is 0 Å². The van der Waals surface area contributed by atoms with Gasteiger partial charge in [-0.1, -0.05) is 12.1 Å². The Balaban J connectivity index is 1.74. The number of aryl methyl sites for hydroxylation is 1. The van der Waals surface area contributed by atoms with E-state index < -0.39 is 0 Å². The zero-order valence-electron chi connectivity index (χ0n) is 11.5. The third kappa shape index (κ3) is 4.92. The summed E-state index contributed by atoms with van der Waals surface area (Å²) in [7, 11) is 0. The van der Waals surface area contributed by atoms with Gasteiger partial charge in [0.2, 0.25) is 0 Å². The highest BCUT2D eigenvalue weighted by atomic mass is 19.1. The Morgan fingerprint density at radius 1 is 1.26 bits per heavy atom. The van der Waals surface area contributed by atoms with Crippen molar-refractivity contribution in [3.63, 3.8) is 0 Å². The Labute approximate surface area is 115 Å². The molecular formula is C16H24FNO. The summed E-state index contributed by atoms with van der Waals surface area (Å²) in [6.07, 6.45) is 5.67. The van der Waals surface area contributed by atoms with E-state index in [-0.39, 0.29) is 12.4 Å². The zero-order valence-corrected chi connectivity index (χ0v) is 11.5. The average molecular weight is 265 g/mol. The molecule has 0 amide bonds. The number of likely N-dealkylation sites (tertiary alicyclic amines) is 1. The number of aliphatic hydroxyl groups excluding tert-OH is 1. The van der Waals surface area contributed by atoms with Crippen molar-refractivity contribution >= 4 is 0 Å². The molecule has 3 heteroatoms. The van der Waals surface area contributed by atoms with Gasteiger partial charge in [0.25, 0.3) is 0 Å². The van der Waals surface area contributed by atoms with Crippen LogP contribution in [0.1, 0.15) is 31.2 Å². The molecule has 1 aromatic rings. The summed E-state index contributed by atoms with van der Waals surface area (Å²) in [4.78, 5) is 2.47. The Hall–Kier alpha value is -0.930. The minimum atomic E-state index is -0.156. The average Bonchev–Trinajstić information content (AvgIpc) is 2.45. The van der Waals surface area contributed by atoms with Crippen LogP contribution in [0.2, 0.25) is 0 Å². The van der Waals surface area contributed by atoms with Crippen molar-refractivity contribution in [2.45, 2.75) is 32.1 Å². The van der Waals surface area contributed by atoms with E-state index in [2.05, 4.69) is 4.90 Å². The molecule has 1 aliphatic rings. The van der Waals surface area contributed by atoms with Crippen LogP contribution in [0.4, 0.5) is 4.39 Å². The highest BCUT2D eigenvalue weighted by Crippen LogP contribution is 2.21. The minimum Gasteiger partial charge on any atom is -0.396 e. The van der Waals surface area contributed by atoms with E-state index in [9.17, 15) is 4.39 Å². The highest BCUT2D eigenvalue weighted by Gasteiger charge is 2.19. The van der Waals surface area contributed by atoms with Crippen LogP contribution in [0.15, 0.2) is 24.3 Å². The lowest BCUT2D eigenvalue weighted by Crippen LogP contribution is -2.36. The van der Waals surface area contributed by atoms with Crippen molar-refractivity contribution in [1.82, 2.24) is 4.90 Å². The first-order chi connectivity index (χ1) is 9.28. The third-order valence-electron chi connectivity index (χ3n) is 3.99. The first kappa shape index (κ1) is 14.5. The van der Waals surface area contributed by atoms with Gasteiger partial charge in [-0.25, -0.2) is 4.39 Å². The maximum absolute atomic E-state index is 12.8. The van der Waals surface area contributed by atoms with Crippen LogP contribution >= 0.6 is 0 Å². The van der Waals surface area contributed by atoms with Gasteiger partial charge in [-0.2, -0.15) is 0 Å². The molecule has 1 atom stereocenters. The summed E-state index contributed by atoms with van der Waals surface area (Å²) in [6, 6.07) is 6.87. The second-order valence-electron chi connectivity index (χ2n) is 5.55. The van der Waals surface area contributed by atoms with E-state index in [1.54, 1.807) is 12.1 Å². The molecule has 0 unspecified atom stereocenters. The normalized spacial score (nSPS) is 20.6. The SMILES string of the molecule is OCCCN1CCC[C@H](CCc2ccc(F)cc2)C1. The summed E-state index contributed by atoms with van der Waals surface area (Å²) in [5.74, 6) is 0.592.